The number of nitrogens with one attached hydrogen (secondary N) is 1. The van der Waals surface area contributed by atoms with Crippen molar-refractivity contribution in [3.63, 3.8) is 0 Å². The smallest absolute Gasteiger partial charge is 0.155 e. The van der Waals surface area contributed by atoms with Crippen molar-refractivity contribution >= 4 is 0 Å². The van der Waals surface area contributed by atoms with Crippen molar-refractivity contribution in [1.29, 1.82) is 0 Å². The van der Waals surface area contributed by atoms with Crippen LogP contribution in [0.1, 0.15) is 43.0 Å². The Morgan fingerprint density at radius 3 is 3.05 bits per heavy atom. The first kappa shape index (κ1) is 13.3. The van der Waals surface area contributed by atoms with E-state index in [0.717, 1.165) is 43.5 Å². The molecule has 0 spiro atoms. The molecule has 1 fully saturated rings. The molecule has 0 bridgehead atoms. The van der Waals surface area contributed by atoms with Crippen LogP contribution in [0.3, 0.4) is 0 Å². The van der Waals surface area contributed by atoms with E-state index in [1.807, 2.05) is 11.6 Å². The van der Waals surface area contributed by atoms with Gasteiger partial charge in [-0.1, -0.05) is 0 Å². The van der Waals surface area contributed by atoms with Crippen LogP contribution < -0.4 is 0 Å². The van der Waals surface area contributed by atoms with Gasteiger partial charge in [-0.3, -0.25) is 14.7 Å². The lowest BCUT2D eigenvalue weighted by molar-refractivity contribution is 0.194. The van der Waals surface area contributed by atoms with Gasteiger partial charge in [0.25, 0.3) is 0 Å². The molecule has 6 heteroatoms. The molecular formula is C14H22N6. The molecule has 0 amide bonds. The van der Waals surface area contributed by atoms with E-state index in [9.17, 15) is 0 Å². The second-order valence-electron chi connectivity index (χ2n) is 5.52. The summed E-state index contributed by atoms with van der Waals surface area (Å²) in [6.45, 7) is 8.08. The van der Waals surface area contributed by atoms with Crippen molar-refractivity contribution < 1.29 is 0 Å². The van der Waals surface area contributed by atoms with E-state index in [2.05, 4.69) is 44.4 Å². The fourth-order valence-corrected chi connectivity index (χ4v) is 2.85. The number of H-pyrrole nitrogens is 1. The Labute approximate surface area is 119 Å². The molecule has 1 aliphatic heterocycles. The van der Waals surface area contributed by atoms with Crippen LogP contribution in [0, 0.1) is 6.92 Å². The highest BCUT2D eigenvalue weighted by Gasteiger charge is 2.24. The van der Waals surface area contributed by atoms with Crippen LogP contribution in [-0.2, 0) is 13.1 Å². The molecule has 0 aromatic carbocycles. The maximum absolute atomic E-state index is 4.56. The van der Waals surface area contributed by atoms with Gasteiger partial charge in [0.1, 0.15) is 5.82 Å². The quantitative estimate of drug-likeness (QED) is 0.922. The lowest BCUT2D eigenvalue weighted by Crippen LogP contribution is -2.34. The summed E-state index contributed by atoms with van der Waals surface area (Å²) in [6.07, 6.45) is 4.43. The van der Waals surface area contributed by atoms with Crippen LogP contribution in [0.5, 0.6) is 0 Å². The van der Waals surface area contributed by atoms with E-state index in [4.69, 9.17) is 0 Å². The zero-order valence-electron chi connectivity index (χ0n) is 12.2. The van der Waals surface area contributed by atoms with E-state index in [1.165, 1.54) is 12.8 Å². The van der Waals surface area contributed by atoms with Gasteiger partial charge in [0.15, 0.2) is 5.82 Å². The molecule has 1 atom stereocenters. The van der Waals surface area contributed by atoms with Gasteiger partial charge in [-0.25, -0.2) is 4.98 Å². The number of likely N-dealkylation sites (tertiary alicyclic amines) is 1. The SMILES string of the molecule is CCn1ccc(CN2CCCC(c3n[nH]c(C)n3)C2)n1. The van der Waals surface area contributed by atoms with E-state index in [0.29, 0.717) is 5.92 Å². The lowest BCUT2D eigenvalue weighted by atomic mass is 9.97. The minimum Gasteiger partial charge on any atom is -0.297 e. The number of piperidine rings is 1. The second kappa shape index (κ2) is 5.75. The molecule has 1 saturated heterocycles. The zero-order chi connectivity index (χ0) is 13.9. The molecular weight excluding hydrogens is 252 g/mol. The summed E-state index contributed by atoms with van der Waals surface area (Å²) in [5.74, 6) is 2.31. The number of aromatic amines is 1. The highest BCUT2D eigenvalue weighted by molar-refractivity contribution is 5.03. The molecule has 1 unspecified atom stereocenters. The van der Waals surface area contributed by atoms with Crippen molar-refractivity contribution in [3.8, 4) is 0 Å². The topological polar surface area (TPSA) is 62.6 Å². The molecule has 6 nitrogen and oxygen atoms in total. The Bertz CT molecular complexity index is 558. The minimum atomic E-state index is 0.446. The van der Waals surface area contributed by atoms with Gasteiger partial charge < -0.3 is 0 Å². The highest BCUT2D eigenvalue weighted by Crippen LogP contribution is 2.25. The molecule has 0 radical (unpaired) electrons. The van der Waals surface area contributed by atoms with Crippen molar-refractivity contribution in [2.45, 2.75) is 45.7 Å². The Hall–Kier alpha value is -1.69. The summed E-state index contributed by atoms with van der Waals surface area (Å²) in [5.41, 5.74) is 1.15. The average Bonchev–Trinajstić information content (AvgIpc) is 3.08. The predicted octanol–water partition coefficient (Wildman–Crippen LogP) is 1.71. The number of aryl methyl sites for hydroxylation is 2. The molecule has 2 aromatic heterocycles. The van der Waals surface area contributed by atoms with Crippen molar-refractivity contribution in [2.24, 2.45) is 0 Å². The van der Waals surface area contributed by atoms with Gasteiger partial charge in [-0.2, -0.15) is 10.2 Å². The number of hydrogen-bond donors (Lipinski definition) is 1. The molecule has 108 valence electrons. The summed E-state index contributed by atoms with van der Waals surface area (Å²) >= 11 is 0. The minimum absolute atomic E-state index is 0.446. The number of aromatic nitrogens is 5. The van der Waals surface area contributed by atoms with Gasteiger partial charge in [0.05, 0.1) is 5.69 Å². The van der Waals surface area contributed by atoms with Gasteiger partial charge in [0, 0.05) is 31.7 Å². The summed E-state index contributed by atoms with van der Waals surface area (Å²) in [4.78, 5) is 6.94. The van der Waals surface area contributed by atoms with Crippen molar-refractivity contribution in [2.75, 3.05) is 13.1 Å². The van der Waals surface area contributed by atoms with Gasteiger partial charge in [-0.15, -0.1) is 0 Å². The molecule has 0 saturated carbocycles. The number of rotatable bonds is 4. The maximum atomic E-state index is 4.56. The van der Waals surface area contributed by atoms with Crippen LogP contribution in [0.2, 0.25) is 0 Å². The summed E-state index contributed by atoms with van der Waals surface area (Å²) in [5, 5.41) is 11.8. The molecule has 1 N–H and O–H groups in total. The fraction of sp³-hybridized carbons (Fsp3) is 0.643. The van der Waals surface area contributed by atoms with E-state index in [1.54, 1.807) is 0 Å². The first-order valence-corrected chi connectivity index (χ1v) is 7.38. The van der Waals surface area contributed by atoms with Gasteiger partial charge >= 0.3 is 0 Å². The first-order chi connectivity index (χ1) is 9.74. The molecule has 20 heavy (non-hydrogen) atoms. The monoisotopic (exact) mass is 274 g/mol. The average molecular weight is 274 g/mol. The molecule has 2 aromatic rings. The van der Waals surface area contributed by atoms with Crippen LogP contribution in [0.15, 0.2) is 12.3 Å². The van der Waals surface area contributed by atoms with Crippen LogP contribution >= 0.6 is 0 Å². The van der Waals surface area contributed by atoms with Crippen LogP contribution in [-0.4, -0.2) is 43.0 Å². The third-order valence-electron chi connectivity index (χ3n) is 3.89. The third-order valence-corrected chi connectivity index (χ3v) is 3.89. The second-order valence-corrected chi connectivity index (χ2v) is 5.52. The molecule has 0 aliphatic carbocycles. The van der Waals surface area contributed by atoms with E-state index in [-0.39, 0.29) is 0 Å². The summed E-state index contributed by atoms with van der Waals surface area (Å²) < 4.78 is 1.98. The maximum Gasteiger partial charge on any atom is 0.155 e. The van der Waals surface area contributed by atoms with Gasteiger partial charge in [0.2, 0.25) is 0 Å². The van der Waals surface area contributed by atoms with Crippen molar-refractivity contribution in [1.82, 2.24) is 29.9 Å². The number of nitrogens with zero attached hydrogens (tertiary/aromatic N) is 5. The van der Waals surface area contributed by atoms with E-state index >= 15 is 0 Å². The Morgan fingerprint density at radius 2 is 2.35 bits per heavy atom. The Kier molecular flexibility index (Phi) is 3.82. The van der Waals surface area contributed by atoms with Crippen molar-refractivity contribution in [3.05, 3.63) is 29.6 Å². The number of hydrogen-bond acceptors (Lipinski definition) is 4. The van der Waals surface area contributed by atoms with Crippen LogP contribution in [0.25, 0.3) is 0 Å². The standard InChI is InChI=1S/C14H22N6/c1-3-20-8-6-13(18-20)10-19-7-4-5-12(9-19)14-15-11(2)16-17-14/h6,8,12H,3-5,7,9-10H2,1-2H3,(H,15,16,17). The third kappa shape index (κ3) is 2.90. The van der Waals surface area contributed by atoms with E-state index < -0.39 is 0 Å². The zero-order valence-corrected chi connectivity index (χ0v) is 12.2. The highest BCUT2D eigenvalue weighted by atomic mass is 15.3. The molecule has 3 rings (SSSR count). The Morgan fingerprint density at radius 1 is 1.45 bits per heavy atom. The first-order valence-electron chi connectivity index (χ1n) is 7.38. The van der Waals surface area contributed by atoms with Gasteiger partial charge in [-0.05, 0) is 39.3 Å². The summed E-state index contributed by atoms with van der Waals surface area (Å²) in [7, 11) is 0. The molecule has 3 heterocycles. The Balaban J connectivity index is 1.63. The largest absolute Gasteiger partial charge is 0.297 e. The molecule has 1 aliphatic rings. The lowest BCUT2D eigenvalue weighted by Gasteiger charge is -2.30. The normalized spacial score (nSPS) is 20.4. The van der Waals surface area contributed by atoms with Crippen LogP contribution in [0.4, 0.5) is 0 Å². The fourth-order valence-electron chi connectivity index (χ4n) is 2.85. The predicted molar refractivity (Wildman–Crippen MR) is 76.3 cm³/mol. The summed E-state index contributed by atoms with van der Waals surface area (Å²) in [6, 6.07) is 2.12.